The second-order valence-corrected chi connectivity index (χ2v) is 12.3. The van der Waals surface area contributed by atoms with Gasteiger partial charge < -0.3 is 9.32 Å². The Morgan fingerprint density at radius 1 is 0.422 bits per heavy atom. The van der Waals surface area contributed by atoms with Crippen LogP contribution in [-0.2, 0) is 0 Å². The molecule has 0 aliphatic carbocycles. The van der Waals surface area contributed by atoms with Crippen LogP contribution in [0.2, 0.25) is 0 Å². The lowest BCUT2D eigenvalue weighted by Crippen LogP contribution is -2.10. The van der Waals surface area contributed by atoms with Crippen molar-refractivity contribution in [3.8, 4) is 22.3 Å². The highest BCUT2D eigenvalue weighted by Gasteiger charge is 2.23. The molecule has 0 atom stereocenters. The van der Waals surface area contributed by atoms with Crippen LogP contribution in [0.3, 0.4) is 0 Å². The largest absolute Gasteiger partial charge is 0.455 e. The van der Waals surface area contributed by atoms with Gasteiger partial charge in [-0.2, -0.15) is 0 Å². The summed E-state index contributed by atoms with van der Waals surface area (Å²) in [6.45, 7) is 0. The average Bonchev–Trinajstić information content (AvgIpc) is 3.69. The highest BCUT2D eigenvalue weighted by atomic mass is 32.1. The van der Waals surface area contributed by atoms with E-state index in [1.807, 2.05) is 17.4 Å². The Labute approximate surface area is 265 Å². The van der Waals surface area contributed by atoms with E-state index < -0.39 is 0 Å². The minimum Gasteiger partial charge on any atom is -0.455 e. The number of hydrogen-bond acceptors (Lipinski definition) is 3. The van der Waals surface area contributed by atoms with Crippen LogP contribution in [0.4, 0.5) is 17.1 Å². The SMILES string of the molecule is c1ccc(N(c2ccccc2)c2ccc(-c3ccccc3-c3cccc4c3sc3ccccc34)c3oc4ccccc4c23)cc1. The summed E-state index contributed by atoms with van der Waals surface area (Å²) in [6, 6.07) is 58.2. The van der Waals surface area contributed by atoms with E-state index >= 15 is 0 Å². The van der Waals surface area contributed by atoms with Crippen LogP contribution in [0.1, 0.15) is 0 Å². The maximum absolute atomic E-state index is 6.80. The van der Waals surface area contributed by atoms with E-state index in [9.17, 15) is 0 Å². The molecule has 2 nitrogen and oxygen atoms in total. The van der Waals surface area contributed by atoms with E-state index in [1.54, 1.807) is 0 Å². The van der Waals surface area contributed by atoms with Gasteiger partial charge in [0.15, 0.2) is 0 Å². The summed E-state index contributed by atoms with van der Waals surface area (Å²) in [5.41, 5.74) is 9.73. The molecule has 0 saturated heterocycles. The fourth-order valence-electron chi connectivity index (χ4n) is 6.70. The molecule has 0 bridgehead atoms. The third-order valence-electron chi connectivity index (χ3n) is 8.69. The Morgan fingerprint density at radius 3 is 1.76 bits per heavy atom. The van der Waals surface area contributed by atoms with Gasteiger partial charge in [0.1, 0.15) is 11.2 Å². The maximum atomic E-state index is 6.80. The first kappa shape index (κ1) is 25.8. The quantitative estimate of drug-likeness (QED) is 0.197. The molecule has 212 valence electrons. The maximum Gasteiger partial charge on any atom is 0.145 e. The van der Waals surface area contributed by atoms with Gasteiger partial charge >= 0.3 is 0 Å². The minimum absolute atomic E-state index is 0.881. The molecule has 9 aromatic rings. The zero-order valence-electron chi connectivity index (χ0n) is 24.4. The summed E-state index contributed by atoms with van der Waals surface area (Å²) in [7, 11) is 0. The van der Waals surface area contributed by atoms with Crippen molar-refractivity contribution in [1.82, 2.24) is 0 Å². The molecule has 2 aromatic heterocycles. The van der Waals surface area contributed by atoms with Gasteiger partial charge in [0.2, 0.25) is 0 Å². The van der Waals surface area contributed by atoms with Crippen molar-refractivity contribution < 1.29 is 4.42 Å². The molecule has 0 radical (unpaired) electrons. The molecule has 9 rings (SSSR count). The van der Waals surface area contributed by atoms with Gasteiger partial charge in [0, 0.05) is 48.1 Å². The Kier molecular flexibility index (Phi) is 6.03. The van der Waals surface area contributed by atoms with E-state index in [-0.39, 0.29) is 0 Å². The predicted molar refractivity (Wildman–Crippen MR) is 192 cm³/mol. The molecule has 0 aliphatic heterocycles. The third kappa shape index (κ3) is 4.16. The van der Waals surface area contributed by atoms with Crippen LogP contribution in [-0.4, -0.2) is 0 Å². The lowest BCUT2D eigenvalue weighted by atomic mass is 9.92. The van der Waals surface area contributed by atoms with Crippen molar-refractivity contribution in [2.45, 2.75) is 0 Å². The number of furan rings is 1. The summed E-state index contributed by atoms with van der Waals surface area (Å²) in [5.74, 6) is 0. The summed E-state index contributed by atoms with van der Waals surface area (Å²) in [4.78, 5) is 2.33. The van der Waals surface area contributed by atoms with Gasteiger partial charge in [-0.1, -0.05) is 115 Å². The number of anilines is 3. The summed E-state index contributed by atoms with van der Waals surface area (Å²) in [5, 5.41) is 4.81. The molecule has 0 spiro atoms. The summed E-state index contributed by atoms with van der Waals surface area (Å²) < 4.78 is 9.42. The summed E-state index contributed by atoms with van der Waals surface area (Å²) in [6.07, 6.45) is 0. The number of fused-ring (bicyclic) bond motifs is 6. The van der Waals surface area contributed by atoms with Crippen LogP contribution in [0.5, 0.6) is 0 Å². The second-order valence-electron chi connectivity index (χ2n) is 11.3. The molecule has 45 heavy (non-hydrogen) atoms. The first-order chi connectivity index (χ1) is 22.3. The van der Waals surface area contributed by atoms with Gasteiger partial charge in [0.05, 0.1) is 11.1 Å². The molecular weight excluding hydrogens is 567 g/mol. The van der Waals surface area contributed by atoms with Crippen molar-refractivity contribution in [2.75, 3.05) is 4.90 Å². The normalized spacial score (nSPS) is 11.6. The number of benzene rings is 7. The second kappa shape index (κ2) is 10.5. The molecule has 2 heterocycles. The van der Waals surface area contributed by atoms with Gasteiger partial charge in [-0.25, -0.2) is 0 Å². The van der Waals surface area contributed by atoms with Gasteiger partial charge in [-0.3, -0.25) is 0 Å². The number of para-hydroxylation sites is 3. The highest BCUT2D eigenvalue weighted by molar-refractivity contribution is 7.26. The van der Waals surface area contributed by atoms with Crippen molar-refractivity contribution in [3.63, 3.8) is 0 Å². The zero-order chi connectivity index (χ0) is 29.7. The topological polar surface area (TPSA) is 16.4 Å². The number of thiophene rings is 1. The van der Waals surface area contributed by atoms with Crippen molar-refractivity contribution in [3.05, 3.63) is 164 Å². The molecule has 0 N–H and O–H groups in total. The molecule has 0 amide bonds. The van der Waals surface area contributed by atoms with Crippen LogP contribution in [0.25, 0.3) is 64.4 Å². The molecule has 3 heteroatoms. The van der Waals surface area contributed by atoms with Crippen LogP contribution in [0, 0.1) is 0 Å². The average molecular weight is 594 g/mol. The van der Waals surface area contributed by atoms with Crippen LogP contribution < -0.4 is 4.90 Å². The first-order valence-electron chi connectivity index (χ1n) is 15.2. The van der Waals surface area contributed by atoms with Crippen LogP contribution in [0.15, 0.2) is 168 Å². The zero-order valence-corrected chi connectivity index (χ0v) is 25.2. The van der Waals surface area contributed by atoms with Crippen molar-refractivity contribution >= 4 is 70.5 Å². The van der Waals surface area contributed by atoms with Gasteiger partial charge in [-0.05, 0) is 59.7 Å². The molecule has 0 unspecified atom stereocenters. The predicted octanol–water partition coefficient (Wildman–Crippen LogP) is 12.8. The number of hydrogen-bond donors (Lipinski definition) is 0. The fraction of sp³-hybridized carbons (Fsp3) is 0. The van der Waals surface area contributed by atoms with Crippen molar-refractivity contribution in [1.29, 1.82) is 0 Å². The first-order valence-corrected chi connectivity index (χ1v) is 16.0. The molecular formula is C42H27NOS. The molecule has 0 aliphatic rings. The molecule has 0 saturated carbocycles. The van der Waals surface area contributed by atoms with Gasteiger partial charge in [-0.15, -0.1) is 11.3 Å². The lowest BCUT2D eigenvalue weighted by Gasteiger charge is -2.26. The molecule has 0 fully saturated rings. The minimum atomic E-state index is 0.881. The summed E-state index contributed by atoms with van der Waals surface area (Å²) >= 11 is 1.87. The Bertz CT molecular complexity index is 2450. The van der Waals surface area contributed by atoms with Gasteiger partial charge in [0.25, 0.3) is 0 Å². The van der Waals surface area contributed by atoms with E-state index in [0.29, 0.717) is 0 Å². The van der Waals surface area contributed by atoms with Crippen LogP contribution >= 0.6 is 11.3 Å². The standard InChI is InChI=1S/C42H27NOS/c1-3-14-28(15-4-1)43(29-16-5-2-6-17-29)37-27-26-33(41-40(37)36-21-9-11-24-38(36)44-41)30-18-7-8-19-31(30)34-22-13-23-35-32-20-10-12-25-39(32)45-42(34)35/h1-27H. The third-order valence-corrected chi connectivity index (χ3v) is 9.91. The number of nitrogens with zero attached hydrogens (tertiary/aromatic N) is 1. The Hall–Kier alpha value is -5.64. The van der Waals surface area contributed by atoms with E-state index in [0.717, 1.165) is 50.1 Å². The van der Waals surface area contributed by atoms with E-state index in [1.165, 1.54) is 31.3 Å². The number of rotatable bonds is 5. The monoisotopic (exact) mass is 593 g/mol. The van der Waals surface area contributed by atoms with E-state index in [4.69, 9.17) is 4.42 Å². The lowest BCUT2D eigenvalue weighted by molar-refractivity contribution is 0.670. The van der Waals surface area contributed by atoms with E-state index in [2.05, 4.69) is 163 Å². The smallest absolute Gasteiger partial charge is 0.145 e. The highest BCUT2D eigenvalue weighted by Crippen LogP contribution is 2.48. The van der Waals surface area contributed by atoms with Crippen molar-refractivity contribution in [2.24, 2.45) is 0 Å². The Balaban J connectivity index is 1.33. The fourth-order valence-corrected chi connectivity index (χ4v) is 7.93. The Morgan fingerprint density at radius 2 is 1.00 bits per heavy atom. The molecule has 7 aromatic carbocycles.